The Bertz CT molecular complexity index is 1180. The maximum Gasteiger partial charge on any atom is 0.185 e. The summed E-state index contributed by atoms with van der Waals surface area (Å²) in [5.41, 5.74) is 6.10. The van der Waals surface area contributed by atoms with Gasteiger partial charge in [0.15, 0.2) is 5.78 Å². The van der Waals surface area contributed by atoms with E-state index in [1.54, 1.807) is 6.08 Å². The highest BCUT2D eigenvalue weighted by molar-refractivity contribution is 6.06. The third-order valence-corrected chi connectivity index (χ3v) is 5.86. The van der Waals surface area contributed by atoms with Gasteiger partial charge in [-0.05, 0) is 66.4 Å². The van der Waals surface area contributed by atoms with Crippen LogP contribution in [0, 0.1) is 0 Å². The van der Waals surface area contributed by atoms with E-state index in [4.69, 9.17) is 0 Å². The Kier molecular flexibility index (Phi) is 7.29. The van der Waals surface area contributed by atoms with Gasteiger partial charge < -0.3 is 0 Å². The van der Waals surface area contributed by atoms with Crippen molar-refractivity contribution in [2.75, 3.05) is 0 Å². The lowest BCUT2D eigenvalue weighted by molar-refractivity contribution is 0.104. The molecule has 0 aliphatic rings. The highest BCUT2D eigenvalue weighted by Gasteiger charge is 2.06. The van der Waals surface area contributed by atoms with E-state index in [-0.39, 0.29) is 5.78 Å². The van der Waals surface area contributed by atoms with Gasteiger partial charge in [-0.1, -0.05) is 75.1 Å². The molecule has 0 aliphatic heterocycles. The first-order chi connectivity index (χ1) is 15.7. The largest absolute Gasteiger partial charge is 0.299 e. The van der Waals surface area contributed by atoms with Gasteiger partial charge in [-0.15, -0.1) is 0 Å². The smallest absolute Gasteiger partial charge is 0.185 e. The second kappa shape index (κ2) is 10.7. The highest BCUT2D eigenvalue weighted by Crippen LogP contribution is 2.19. The van der Waals surface area contributed by atoms with Crippen LogP contribution in [0.15, 0.2) is 85.2 Å². The molecule has 4 rings (SSSR count). The number of para-hydroxylation sites is 2. The van der Waals surface area contributed by atoms with Gasteiger partial charge in [-0.2, -0.15) is 0 Å². The number of ketones is 1. The summed E-state index contributed by atoms with van der Waals surface area (Å²) < 4.78 is 2.03. The molecule has 3 aromatic carbocycles. The van der Waals surface area contributed by atoms with Crippen molar-refractivity contribution in [2.24, 2.45) is 0 Å². The van der Waals surface area contributed by atoms with Gasteiger partial charge in [-0.3, -0.25) is 9.36 Å². The minimum atomic E-state index is 0.00652. The molecule has 0 amide bonds. The topological polar surface area (TPSA) is 34.9 Å². The highest BCUT2D eigenvalue weighted by atomic mass is 16.1. The predicted octanol–water partition coefficient (Wildman–Crippen LogP) is 7.43. The second-order valence-electron chi connectivity index (χ2n) is 8.25. The molecule has 1 aromatic heterocycles. The lowest BCUT2D eigenvalue weighted by Gasteiger charge is -2.05. The monoisotopic (exact) mass is 422 g/mol. The van der Waals surface area contributed by atoms with Crippen molar-refractivity contribution in [1.82, 2.24) is 9.55 Å². The lowest BCUT2D eigenvalue weighted by atomic mass is 10.0. The first-order valence-corrected chi connectivity index (χ1v) is 11.6. The van der Waals surface area contributed by atoms with Crippen LogP contribution in [0.2, 0.25) is 0 Å². The number of nitrogens with zero attached hydrogens (tertiary/aromatic N) is 2. The molecular formula is C29H30N2O. The molecular weight excluding hydrogens is 392 g/mol. The lowest BCUT2D eigenvalue weighted by Crippen LogP contribution is -1.96. The number of hydrogen-bond donors (Lipinski definition) is 0. The zero-order valence-corrected chi connectivity index (χ0v) is 18.7. The normalized spacial score (nSPS) is 11.4. The summed E-state index contributed by atoms with van der Waals surface area (Å²) in [6.45, 7) is 2.25. The summed E-state index contributed by atoms with van der Waals surface area (Å²) in [6.07, 6.45) is 13.0. The Hall–Kier alpha value is -3.46. The average molecular weight is 423 g/mol. The molecule has 0 atom stereocenters. The summed E-state index contributed by atoms with van der Waals surface area (Å²) >= 11 is 0. The summed E-state index contributed by atoms with van der Waals surface area (Å²) in [4.78, 5) is 17.1. The Labute approximate surface area is 190 Å². The maximum atomic E-state index is 12.6. The van der Waals surface area contributed by atoms with Crippen LogP contribution in [0.1, 0.15) is 60.5 Å². The molecule has 4 aromatic rings. The molecule has 3 nitrogen and oxygen atoms in total. The maximum absolute atomic E-state index is 12.6. The number of carbonyl (C=O) groups excluding carboxylic acids is 1. The van der Waals surface area contributed by atoms with Crippen LogP contribution in [-0.4, -0.2) is 15.3 Å². The Morgan fingerprint density at radius 2 is 1.62 bits per heavy atom. The molecule has 1 heterocycles. The molecule has 0 saturated carbocycles. The predicted molar refractivity (Wildman–Crippen MR) is 133 cm³/mol. The van der Waals surface area contributed by atoms with Crippen LogP contribution in [-0.2, 0) is 6.42 Å². The number of fused-ring (bicyclic) bond motifs is 1. The zero-order chi connectivity index (χ0) is 22.2. The molecule has 0 unspecified atom stereocenters. The summed E-state index contributed by atoms with van der Waals surface area (Å²) in [5.74, 6) is 0.00652. The van der Waals surface area contributed by atoms with Crippen LogP contribution in [0.3, 0.4) is 0 Å². The Morgan fingerprint density at radius 1 is 0.875 bits per heavy atom. The van der Waals surface area contributed by atoms with Crippen molar-refractivity contribution in [1.29, 1.82) is 0 Å². The van der Waals surface area contributed by atoms with E-state index in [0.29, 0.717) is 5.56 Å². The fraction of sp³-hybridized carbons (Fsp3) is 0.241. The van der Waals surface area contributed by atoms with E-state index in [9.17, 15) is 4.79 Å². The summed E-state index contributed by atoms with van der Waals surface area (Å²) in [6, 6.07) is 24.2. The van der Waals surface area contributed by atoms with E-state index in [1.165, 1.54) is 37.7 Å². The molecule has 0 radical (unpaired) electrons. The molecule has 0 aliphatic carbocycles. The summed E-state index contributed by atoms with van der Waals surface area (Å²) in [5, 5.41) is 0. The van der Waals surface area contributed by atoms with Crippen molar-refractivity contribution in [3.63, 3.8) is 0 Å². The van der Waals surface area contributed by atoms with Gasteiger partial charge in [0.1, 0.15) is 6.33 Å². The molecule has 0 saturated heterocycles. The van der Waals surface area contributed by atoms with Gasteiger partial charge in [0, 0.05) is 11.3 Å². The van der Waals surface area contributed by atoms with E-state index in [1.807, 2.05) is 65.5 Å². The number of imidazole rings is 1. The van der Waals surface area contributed by atoms with Crippen LogP contribution < -0.4 is 0 Å². The fourth-order valence-corrected chi connectivity index (χ4v) is 3.95. The number of aromatic nitrogens is 2. The average Bonchev–Trinajstić information content (AvgIpc) is 3.27. The minimum Gasteiger partial charge on any atom is -0.299 e. The van der Waals surface area contributed by atoms with Crippen molar-refractivity contribution >= 4 is 22.9 Å². The van der Waals surface area contributed by atoms with Gasteiger partial charge in [0.2, 0.25) is 0 Å². The Morgan fingerprint density at radius 3 is 2.41 bits per heavy atom. The number of allylic oxidation sites excluding steroid dienone is 1. The number of carbonyl (C=O) groups is 1. The van der Waals surface area contributed by atoms with Gasteiger partial charge >= 0.3 is 0 Å². The molecule has 162 valence electrons. The number of aryl methyl sites for hydroxylation is 1. The van der Waals surface area contributed by atoms with E-state index < -0.39 is 0 Å². The third-order valence-electron chi connectivity index (χ3n) is 5.86. The van der Waals surface area contributed by atoms with Crippen molar-refractivity contribution in [3.8, 4) is 5.69 Å². The van der Waals surface area contributed by atoms with Gasteiger partial charge in [-0.25, -0.2) is 4.98 Å². The third kappa shape index (κ3) is 5.42. The first-order valence-electron chi connectivity index (χ1n) is 11.6. The van der Waals surface area contributed by atoms with E-state index >= 15 is 0 Å². The molecule has 0 fully saturated rings. The molecule has 0 spiro atoms. The SMILES string of the molecule is CCCCCCCc1ccc(C=CC(=O)c2ccc(-n3cnc4ccccc43)cc2)cc1. The van der Waals surface area contributed by atoms with Gasteiger partial charge in [0.25, 0.3) is 0 Å². The fourth-order valence-electron chi connectivity index (χ4n) is 3.95. The van der Waals surface area contributed by atoms with Crippen molar-refractivity contribution in [2.45, 2.75) is 45.4 Å². The van der Waals surface area contributed by atoms with E-state index in [0.717, 1.165) is 28.7 Å². The number of benzene rings is 3. The van der Waals surface area contributed by atoms with Crippen LogP contribution in [0.4, 0.5) is 0 Å². The van der Waals surface area contributed by atoms with E-state index in [2.05, 4.69) is 36.2 Å². The first kappa shape index (κ1) is 21.8. The van der Waals surface area contributed by atoms with Gasteiger partial charge in [0.05, 0.1) is 11.0 Å². The number of hydrogen-bond acceptors (Lipinski definition) is 2. The molecule has 0 N–H and O–H groups in total. The Balaban J connectivity index is 1.35. The van der Waals surface area contributed by atoms with Crippen LogP contribution in [0.25, 0.3) is 22.8 Å². The van der Waals surface area contributed by atoms with Crippen molar-refractivity contribution < 1.29 is 4.79 Å². The summed E-state index contributed by atoms with van der Waals surface area (Å²) in [7, 11) is 0. The van der Waals surface area contributed by atoms with Crippen LogP contribution in [0.5, 0.6) is 0 Å². The number of rotatable bonds is 10. The minimum absolute atomic E-state index is 0.00652. The van der Waals surface area contributed by atoms with Crippen molar-refractivity contribution in [3.05, 3.63) is 102 Å². The standard InChI is InChI=1S/C29H30N2O/c1-2-3-4-5-6-9-23-12-14-24(15-13-23)16-21-29(32)25-17-19-26(20-18-25)31-22-30-27-10-7-8-11-28(27)31/h7-8,10-22H,2-6,9H2,1H3. The number of unbranched alkanes of at least 4 members (excludes halogenated alkanes) is 4. The second-order valence-corrected chi connectivity index (χ2v) is 8.25. The van der Waals surface area contributed by atoms with Crippen LogP contribution >= 0.6 is 0 Å². The quantitative estimate of drug-likeness (QED) is 0.151. The molecule has 0 bridgehead atoms. The zero-order valence-electron chi connectivity index (χ0n) is 18.7. The molecule has 32 heavy (non-hydrogen) atoms. The molecule has 3 heteroatoms.